The fourth-order valence-corrected chi connectivity index (χ4v) is 9.66. The van der Waals surface area contributed by atoms with Gasteiger partial charge in [0.2, 0.25) is 23.6 Å². The molecule has 2 heterocycles. The van der Waals surface area contributed by atoms with Crippen LogP contribution in [0.4, 0.5) is 11.4 Å². The van der Waals surface area contributed by atoms with Gasteiger partial charge in [0, 0.05) is 11.8 Å². The van der Waals surface area contributed by atoms with Gasteiger partial charge in [-0.05, 0) is 69.3 Å². The van der Waals surface area contributed by atoms with Gasteiger partial charge in [0.25, 0.3) is 0 Å². The van der Waals surface area contributed by atoms with Crippen molar-refractivity contribution >= 4 is 62.1 Å². The van der Waals surface area contributed by atoms with E-state index >= 15 is 0 Å². The Labute approximate surface area is 277 Å². The summed E-state index contributed by atoms with van der Waals surface area (Å²) in [6, 6.07) is 37.3. The van der Waals surface area contributed by atoms with E-state index in [0.29, 0.717) is 17.8 Å². The first-order valence-electron chi connectivity index (χ1n) is 16.7. The lowest BCUT2D eigenvalue weighted by Crippen LogP contribution is -2.51. The highest BCUT2D eigenvalue weighted by molar-refractivity contribution is 6.25. The van der Waals surface area contributed by atoms with Crippen LogP contribution in [0.2, 0.25) is 0 Å². The molecule has 48 heavy (non-hydrogen) atoms. The van der Waals surface area contributed by atoms with Crippen LogP contribution in [0, 0.1) is 41.4 Å². The quantitative estimate of drug-likeness (QED) is 0.157. The summed E-state index contributed by atoms with van der Waals surface area (Å²) in [5.41, 5.74) is 4.24. The molecule has 6 nitrogen and oxygen atoms in total. The Morgan fingerprint density at radius 3 is 1.67 bits per heavy atom. The Bertz CT molecular complexity index is 2320. The molecule has 3 fully saturated rings. The Morgan fingerprint density at radius 1 is 0.479 bits per heavy atom. The van der Waals surface area contributed by atoms with Gasteiger partial charge >= 0.3 is 0 Å². The van der Waals surface area contributed by atoms with Crippen molar-refractivity contribution in [3.8, 4) is 0 Å². The maximum absolute atomic E-state index is 14.6. The van der Waals surface area contributed by atoms with E-state index in [0.717, 1.165) is 38.3 Å². The number of hydrogen-bond donors (Lipinski definition) is 0. The maximum atomic E-state index is 14.6. The zero-order valence-electron chi connectivity index (χ0n) is 25.9. The number of amides is 4. The van der Waals surface area contributed by atoms with Gasteiger partial charge < -0.3 is 0 Å². The van der Waals surface area contributed by atoms with E-state index < -0.39 is 23.7 Å². The van der Waals surface area contributed by atoms with Crippen LogP contribution in [0.3, 0.4) is 0 Å². The zero-order chi connectivity index (χ0) is 32.3. The van der Waals surface area contributed by atoms with Crippen LogP contribution in [0.25, 0.3) is 27.1 Å². The van der Waals surface area contributed by atoms with Crippen LogP contribution in [0.15, 0.2) is 133 Å². The van der Waals surface area contributed by atoms with Crippen molar-refractivity contribution < 1.29 is 19.2 Å². The van der Waals surface area contributed by atoms with Crippen LogP contribution >= 0.6 is 0 Å². The molecule has 0 radical (unpaired) electrons. The number of rotatable bonds is 3. The van der Waals surface area contributed by atoms with E-state index in [1.165, 1.54) is 9.80 Å². The normalized spacial score (nSPS) is 28.9. The van der Waals surface area contributed by atoms with Crippen LogP contribution < -0.4 is 9.80 Å². The third-order valence-corrected chi connectivity index (χ3v) is 11.6. The summed E-state index contributed by atoms with van der Waals surface area (Å²) in [5, 5.41) is 3.99. The van der Waals surface area contributed by atoms with E-state index in [1.54, 1.807) is 0 Å². The topological polar surface area (TPSA) is 74.8 Å². The summed E-state index contributed by atoms with van der Waals surface area (Å²) in [5.74, 6) is -4.19. The average Bonchev–Trinajstić information content (AvgIpc) is 3.56. The molecule has 2 saturated heterocycles. The molecule has 6 heteroatoms. The standard InChI is InChI=1S/C42H30N2O4/c45-39-33-22-32(25-10-2-1-3-11-25)34-30-18-19-31(35(34)38(33)42(48)43(39)28-16-14-23-8-4-6-12-26(23)20-28)37-36(30)40(46)44(41(37)47)29-17-15-24-9-5-7-13-27(24)21-29/h1-21,30-31,33,35-38H,22H2/t30-,31+,33-,35+,36-,37-,38+/m1/s1. The molecule has 232 valence electrons. The molecule has 11 rings (SSSR count). The molecule has 0 spiro atoms. The van der Waals surface area contributed by atoms with Gasteiger partial charge in [-0.15, -0.1) is 0 Å². The molecule has 2 aliphatic heterocycles. The average molecular weight is 627 g/mol. The third-order valence-electron chi connectivity index (χ3n) is 11.6. The molecule has 0 aromatic heterocycles. The number of carbonyl (C=O) groups excluding carboxylic acids is 4. The van der Waals surface area contributed by atoms with Gasteiger partial charge in [-0.1, -0.05) is 109 Å². The first kappa shape index (κ1) is 27.5. The minimum atomic E-state index is -0.609. The third kappa shape index (κ3) is 3.63. The number of imide groups is 2. The minimum absolute atomic E-state index is 0.188. The molecule has 6 aliphatic rings. The van der Waals surface area contributed by atoms with Crippen molar-refractivity contribution in [1.29, 1.82) is 0 Å². The summed E-state index contributed by atoms with van der Waals surface area (Å²) >= 11 is 0. The van der Waals surface area contributed by atoms with Gasteiger partial charge in [-0.2, -0.15) is 0 Å². The van der Waals surface area contributed by atoms with Crippen LogP contribution in [-0.2, 0) is 19.2 Å². The predicted octanol–water partition coefficient (Wildman–Crippen LogP) is 7.19. The van der Waals surface area contributed by atoms with Crippen molar-refractivity contribution in [2.45, 2.75) is 6.42 Å². The first-order valence-corrected chi connectivity index (χ1v) is 16.7. The molecule has 5 aromatic rings. The highest BCUT2D eigenvalue weighted by atomic mass is 16.2. The molecular weight excluding hydrogens is 596 g/mol. The number of allylic oxidation sites excluding steroid dienone is 4. The molecule has 4 amide bonds. The van der Waals surface area contributed by atoms with Gasteiger partial charge in [-0.25, -0.2) is 4.90 Å². The molecular formula is C42H30N2O4. The van der Waals surface area contributed by atoms with Crippen LogP contribution in [0.1, 0.15) is 12.0 Å². The Morgan fingerprint density at radius 2 is 1.02 bits per heavy atom. The van der Waals surface area contributed by atoms with E-state index in [4.69, 9.17) is 0 Å². The summed E-state index contributed by atoms with van der Waals surface area (Å²) < 4.78 is 0. The van der Waals surface area contributed by atoms with Crippen LogP contribution in [0.5, 0.6) is 0 Å². The second-order valence-corrected chi connectivity index (χ2v) is 13.8. The second kappa shape index (κ2) is 9.94. The van der Waals surface area contributed by atoms with Gasteiger partial charge in [0.15, 0.2) is 0 Å². The summed E-state index contributed by atoms with van der Waals surface area (Å²) in [4.78, 5) is 60.6. The first-order chi connectivity index (χ1) is 23.5. The number of benzene rings is 5. The molecule has 0 N–H and O–H groups in total. The fourth-order valence-electron chi connectivity index (χ4n) is 9.66. The number of nitrogens with zero attached hydrogens (tertiary/aromatic N) is 2. The zero-order valence-corrected chi connectivity index (χ0v) is 25.9. The Balaban J connectivity index is 1.11. The Kier molecular flexibility index (Phi) is 5.69. The number of fused-ring (bicyclic) bond motifs is 3. The number of anilines is 2. The van der Waals surface area contributed by atoms with Gasteiger partial charge in [0.1, 0.15) is 0 Å². The smallest absolute Gasteiger partial charge is 0.238 e. The monoisotopic (exact) mass is 626 g/mol. The van der Waals surface area contributed by atoms with E-state index in [-0.39, 0.29) is 41.4 Å². The van der Waals surface area contributed by atoms with E-state index in [2.05, 4.69) is 24.3 Å². The van der Waals surface area contributed by atoms with E-state index in [1.807, 2.05) is 103 Å². The summed E-state index contributed by atoms with van der Waals surface area (Å²) in [7, 11) is 0. The second-order valence-electron chi connectivity index (χ2n) is 13.8. The number of hydrogen-bond acceptors (Lipinski definition) is 4. The SMILES string of the molecule is O=C1[C@@H]2[C@H]3C=C[C@H](C4=C(c5ccccc5)C[C@H]5C(=O)N(c6ccc7ccccc7c6)C(=O)[C@@H]5[C@H]43)[C@H]2C(=O)N1c1ccc2ccccc2c1. The van der Waals surface area contributed by atoms with Crippen molar-refractivity contribution in [3.05, 3.63) is 139 Å². The predicted molar refractivity (Wildman–Crippen MR) is 184 cm³/mol. The van der Waals surface area contributed by atoms with E-state index in [9.17, 15) is 19.2 Å². The largest absolute Gasteiger partial charge is 0.274 e. The Hall–Kier alpha value is -5.62. The summed E-state index contributed by atoms with van der Waals surface area (Å²) in [6.45, 7) is 0. The lowest BCUT2D eigenvalue weighted by molar-refractivity contribution is -0.129. The maximum Gasteiger partial charge on any atom is 0.238 e. The molecule has 4 aliphatic carbocycles. The van der Waals surface area contributed by atoms with Crippen molar-refractivity contribution in [1.82, 2.24) is 0 Å². The molecule has 5 aromatic carbocycles. The minimum Gasteiger partial charge on any atom is -0.274 e. The van der Waals surface area contributed by atoms with Gasteiger partial charge in [-0.3, -0.25) is 24.1 Å². The highest BCUT2D eigenvalue weighted by Gasteiger charge is 2.67. The molecule has 2 bridgehead atoms. The molecule has 7 atom stereocenters. The molecule has 1 saturated carbocycles. The molecule has 0 unspecified atom stereocenters. The lowest BCUT2D eigenvalue weighted by Gasteiger charge is -2.51. The van der Waals surface area contributed by atoms with Crippen molar-refractivity contribution in [3.63, 3.8) is 0 Å². The summed E-state index contributed by atoms with van der Waals surface area (Å²) in [6.07, 6.45) is 4.58. The van der Waals surface area contributed by atoms with Gasteiger partial charge in [0.05, 0.1) is 35.0 Å². The number of carbonyl (C=O) groups is 4. The van der Waals surface area contributed by atoms with Crippen LogP contribution in [-0.4, -0.2) is 23.6 Å². The highest BCUT2D eigenvalue weighted by Crippen LogP contribution is 2.63. The fraction of sp³-hybridized carbons (Fsp3) is 0.190. The van der Waals surface area contributed by atoms with Crippen molar-refractivity contribution in [2.75, 3.05) is 9.80 Å². The lowest BCUT2D eigenvalue weighted by atomic mass is 9.49. The van der Waals surface area contributed by atoms with Crippen molar-refractivity contribution in [2.24, 2.45) is 41.4 Å².